The molecule has 0 bridgehead atoms. The second-order valence-corrected chi connectivity index (χ2v) is 28.7. The molecule has 0 radical (unpaired) electrons. The van der Waals surface area contributed by atoms with Crippen molar-refractivity contribution < 1.29 is 80.2 Å². The van der Waals surface area contributed by atoms with Gasteiger partial charge in [-0.25, -0.2) is 9.13 Å². The normalized spacial score (nSPS) is 14.1. The number of carbonyl (C=O) groups excluding carboxylic acids is 4. The maximum Gasteiger partial charge on any atom is 0.472 e. The number of hydrogen-bond acceptors (Lipinski definition) is 15. The van der Waals surface area contributed by atoms with Gasteiger partial charge in [-0.3, -0.25) is 37.3 Å². The third kappa shape index (κ3) is 64.6. The van der Waals surface area contributed by atoms with E-state index in [0.29, 0.717) is 25.7 Å². The highest BCUT2D eigenvalue weighted by atomic mass is 31.2. The summed E-state index contributed by atoms with van der Waals surface area (Å²) in [6.07, 6.45) is 50.0. The summed E-state index contributed by atoms with van der Waals surface area (Å²) in [5, 5.41) is 10.6. The zero-order chi connectivity index (χ0) is 65.6. The van der Waals surface area contributed by atoms with Gasteiger partial charge in [0.2, 0.25) is 0 Å². The van der Waals surface area contributed by atoms with E-state index in [1.807, 2.05) is 0 Å². The summed E-state index contributed by atoms with van der Waals surface area (Å²) in [6, 6.07) is 0. The molecular formula is C70H136O17P2. The molecule has 2 unspecified atom stereocenters. The third-order valence-electron chi connectivity index (χ3n) is 16.3. The summed E-state index contributed by atoms with van der Waals surface area (Å²) in [5.41, 5.74) is 0. The van der Waals surface area contributed by atoms with Crippen molar-refractivity contribution >= 4 is 39.5 Å². The molecule has 0 heterocycles. The van der Waals surface area contributed by atoms with E-state index in [9.17, 15) is 43.2 Å². The summed E-state index contributed by atoms with van der Waals surface area (Å²) >= 11 is 0. The molecule has 17 nitrogen and oxygen atoms in total. The van der Waals surface area contributed by atoms with E-state index in [4.69, 9.17) is 37.0 Å². The van der Waals surface area contributed by atoms with Crippen LogP contribution in [0.4, 0.5) is 0 Å². The highest BCUT2D eigenvalue weighted by Gasteiger charge is 2.30. The first-order valence-electron chi connectivity index (χ1n) is 36.6. The van der Waals surface area contributed by atoms with Crippen LogP contribution in [0, 0.1) is 5.92 Å². The van der Waals surface area contributed by atoms with Gasteiger partial charge in [0, 0.05) is 25.7 Å². The molecule has 89 heavy (non-hydrogen) atoms. The van der Waals surface area contributed by atoms with Gasteiger partial charge in [0.15, 0.2) is 12.2 Å². The summed E-state index contributed by atoms with van der Waals surface area (Å²) in [5.74, 6) is -1.32. The summed E-state index contributed by atoms with van der Waals surface area (Å²) in [7, 11) is -9.89. The fraction of sp³-hybridized carbons (Fsp3) is 0.943. The Balaban J connectivity index is 5.17. The molecule has 0 aromatic heterocycles. The van der Waals surface area contributed by atoms with Crippen LogP contribution in [-0.4, -0.2) is 96.7 Å². The second-order valence-electron chi connectivity index (χ2n) is 25.7. The lowest BCUT2D eigenvalue weighted by Gasteiger charge is -2.21. The van der Waals surface area contributed by atoms with Crippen molar-refractivity contribution in [1.82, 2.24) is 0 Å². The number of phosphoric ester groups is 2. The molecule has 528 valence electrons. The van der Waals surface area contributed by atoms with Crippen LogP contribution in [0.5, 0.6) is 0 Å². The molecule has 0 aliphatic carbocycles. The van der Waals surface area contributed by atoms with Crippen molar-refractivity contribution in [1.29, 1.82) is 0 Å². The number of hydrogen-bond donors (Lipinski definition) is 3. The van der Waals surface area contributed by atoms with Gasteiger partial charge in [-0.05, 0) is 31.6 Å². The van der Waals surface area contributed by atoms with Gasteiger partial charge in [0.25, 0.3) is 0 Å². The van der Waals surface area contributed by atoms with Crippen LogP contribution in [-0.2, 0) is 65.4 Å². The fourth-order valence-electron chi connectivity index (χ4n) is 10.6. The molecule has 0 aromatic rings. The highest BCUT2D eigenvalue weighted by molar-refractivity contribution is 7.47. The lowest BCUT2D eigenvalue weighted by molar-refractivity contribution is -0.161. The van der Waals surface area contributed by atoms with Crippen LogP contribution < -0.4 is 0 Å². The molecule has 3 N–H and O–H groups in total. The summed E-state index contributed by atoms with van der Waals surface area (Å²) in [6.45, 7) is 7.23. The van der Waals surface area contributed by atoms with E-state index in [2.05, 4.69) is 34.6 Å². The first-order valence-corrected chi connectivity index (χ1v) is 39.6. The van der Waals surface area contributed by atoms with Crippen LogP contribution >= 0.6 is 15.6 Å². The Morgan fingerprint density at radius 3 is 0.764 bits per heavy atom. The van der Waals surface area contributed by atoms with Gasteiger partial charge in [-0.15, -0.1) is 0 Å². The summed E-state index contributed by atoms with van der Waals surface area (Å²) in [4.78, 5) is 72.3. The quantitative estimate of drug-likeness (QED) is 0.0222. The fourth-order valence-corrected chi connectivity index (χ4v) is 12.2. The van der Waals surface area contributed by atoms with Gasteiger partial charge in [0.1, 0.15) is 19.3 Å². The van der Waals surface area contributed by atoms with Gasteiger partial charge in [0.05, 0.1) is 26.4 Å². The lowest BCUT2D eigenvalue weighted by atomic mass is 10.0. The maximum absolute atomic E-state index is 13.0. The Morgan fingerprint density at radius 2 is 0.517 bits per heavy atom. The molecule has 5 atom stereocenters. The first kappa shape index (κ1) is 87.1. The first-order chi connectivity index (χ1) is 43.0. The van der Waals surface area contributed by atoms with Crippen LogP contribution in [0.25, 0.3) is 0 Å². The number of rotatable bonds is 70. The molecule has 0 aliphatic rings. The Hall–Kier alpha value is -1.94. The smallest absolute Gasteiger partial charge is 0.462 e. The molecule has 0 aromatic carbocycles. The Labute approximate surface area is 543 Å². The van der Waals surface area contributed by atoms with Crippen LogP contribution in [0.15, 0.2) is 0 Å². The minimum absolute atomic E-state index is 0.106. The molecule has 0 saturated carbocycles. The van der Waals surface area contributed by atoms with Gasteiger partial charge >= 0.3 is 39.5 Å². The van der Waals surface area contributed by atoms with Crippen molar-refractivity contribution in [2.75, 3.05) is 39.6 Å². The molecule has 0 aliphatic heterocycles. The number of aliphatic hydroxyl groups is 1. The number of phosphoric acid groups is 2. The minimum atomic E-state index is -4.95. The van der Waals surface area contributed by atoms with Crippen LogP contribution in [0.2, 0.25) is 0 Å². The summed E-state index contributed by atoms with van der Waals surface area (Å²) < 4.78 is 68.1. The standard InChI is InChI=1S/C70H136O17P2/c1-6-9-12-15-18-20-22-27-31-35-39-44-49-54-68(73)81-60-66(87-70(75)56-51-46-41-36-32-29-26-24-23-25-28-30-33-38-42-47-52-63(4)5)62-85-89(78,79)83-58-64(71)57-82-88(76,77)84-61-65(59-80-67(72)53-48-43-37-17-14-11-8-3)86-69(74)55-50-45-40-34-21-19-16-13-10-7-2/h63-66,71H,6-62H2,1-5H3,(H,76,77)(H,78,79)/t64-,65+,66+/m0/s1. The largest absolute Gasteiger partial charge is 0.472 e. The van der Waals surface area contributed by atoms with E-state index < -0.39 is 97.5 Å². The number of unbranched alkanes of at least 4 members (excludes halogenated alkanes) is 42. The van der Waals surface area contributed by atoms with E-state index in [-0.39, 0.29) is 25.7 Å². The monoisotopic (exact) mass is 1310 g/mol. The van der Waals surface area contributed by atoms with Crippen molar-refractivity contribution in [3.8, 4) is 0 Å². The van der Waals surface area contributed by atoms with Gasteiger partial charge in [-0.1, -0.05) is 311 Å². The maximum atomic E-state index is 13.0. The van der Waals surface area contributed by atoms with Crippen molar-refractivity contribution in [2.24, 2.45) is 5.92 Å². The van der Waals surface area contributed by atoms with E-state index >= 15 is 0 Å². The Morgan fingerprint density at radius 1 is 0.303 bits per heavy atom. The highest BCUT2D eigenvalue weighted by Crippen LogP contribution is 2.45. The molecule has 0 amide bonds. The average Bonchev–Trinajstić information content (AvgIpc) is 3.72. The Bertz CT molecular complexity index is 1720. The van der Waals surface area contributed by atoms with Crippen molar-refractivity contribution in [3.05, 3.63) is 0 Å². The predicted molar refractivity (Wildman–Crippen MR) is 358 cm³/mol. The number of ether oxygens (including phenoxy) is 4. The third-order valence-corrected chi connectivity index (χ3v) is 18.2. The second kappa shape index (κ2) is 63.5. The van der Waals surface area contributed by atoms with E-state index in [1.54, 1.807) is 0 Å². The number of aliphatic hydroxyl groups excluding tert-OH is 1. The molecule has 0 fully saturated rings. The molecule has 0 spiro atoms. The van der Waals surface area contributed by atoms with Crippen LogP contribution in [0.3, 0.4) is 0 Å². The number of esters is 4. The topological polar surface area (TPSA) is 237 Å². The molecule has 0 rings (SSSR count). The average molecular weight is 1310 g/mol. The zero-order valence-electron chi connectivity index (χ0n) is 57.6. The van der Waals surface area contributed by atoms with E-state index in [0.717, 1.165) is 109 Å². The minimum Gasteiger partial charge on any atom is -0.462 e. The van der Waals surface area contributed by atoms with Crippen LogP contribution in [0.1, 0.15) is 362 Å². The predicted octanol–water partition coefficient (Wildman–Crippen LogP) is 20.1. The van der Waals surface area contributed by atoms with E-state index in [1.165, 1.54) is 173 Å². The molecular weight excluding hydrogens is 1170 g/mol. The van der Waals surface area contributed by atoms with Crippen molar-refractivity contribution in [3.63, 3.8) is 0 Å². The molecule has 0 saturated heterocycles. The lowest BCUT2D eigenvalue weighted by Crippen LogP contribution is -2.30. The van der Waals surface area contributed by atoms with Gasteiger partial charge < -0.3 is 33.8 Å². The zero-order valence-corrected chi connectivity index (χ0v) is 59.4. The Kier molecular flexibility index (Phi) is 62.1. The number of carbonyl (C=O) groups is 4. The molecule has 19 heteroatoms. The van der Waals surface area contributed by atoms with Crippen molar-refractivity contribution in [2.45, 2.75) is 380 Å². The SMILES string of the molecule is CCCCCCCCCCCCCCCC(=O)OC[C@H](COP(=O)(O)OC[C@@H](O)COP(=O)(O)OC[C@@H](COC(=O)CCCCCCCCC)OC(=O)CCCCCCCCCCCC)OC(=O)CCCCCCCCCCCCCCCCCCC(C)C. The van der Waals surface area contributed by atoms with Gasteiger partial charge in [-0.2, -0.15) is 0 Å².